The number of hydrogen-bond donors (Lipinski definition) is 0. The van der Waals surface area contributed by atoms with Crippen LogP contribution in [0.15, 0.2) is 84.5 Å². The van der Waals surface area contributed by atoms with Gasteiger partial charge in [-0.3, -0.25) is 4.79 Å². The summed E-state index contributed by atoms with van der Waals surface area (Å²) in [4.78, 5) is 14.6. The van der Waals surface area contributed by atoms with Gasteiger partial charge in [0.15, 0.2) is 9.84 Å². The predicted octanol–water partition coefficient (Wildman–Crippen LogP) is 3.50. The Balaban J connectivity index is 1.53. The minimum absolute atomic E-state index is 0.131. The molecule has 0 aliphatic carbocycles. The van der Waals surface area contributed by atoms with E-state index in [-0.39, 0.29) is 24.6 Å². The van der Waals surface area contributed by atoms with Gasteiger partial charge in [0.25, 0.3) is 0 Å². The highest BCUT2D eigenvalue weighted by Gasteiger charge is 2.30. The van der Waals surface area contributed by atoms with Crippen LogP contribution in [0.2, 0.25) is 0 Å². The number of aromatic nitrogens is 1. The Kier molecular flexibility index (Phi) is 5.55. The van der Waals surface area contributed by atoms with Crippen molar-refractivity contribution in [3.8, 4) is 5.69 Å². The molecule has 1 amide bonds. The molecule has 2 aromatic carbocycles. The Morgan fingerprint density at radius 1 is 1.03 bits per heavy atom. The molecule has 1 atom stereocenters. The van der Waals surface area contributed by atoms with Gasteiger partial charge in [-0.25, -0.2) is 12.8 Å². The van der Waals surface area contributed by atoms with Gasteiger partial charge in [0.2, 0.25) is 5.91 Å². The summed E-state index contributed by atoms with van der Waals surface area (Å²) in [6, 6.07) is 16.9. The maximum atomic E-state index is 13.6. The zero-order valence-corrected chi connectivity index (χ0v) is 17.0. The van der Waals surface area contributed by atoms with Gasteiger partial charge >= 0.3 is 0 Å². The standard InChI is InChI=1S/C23H21FN2O3S/c24-20-5-3-4-19(14-20)16-26(22-10-13-30(28,29)17-22)23(27)15-18-6-8-21(9-7-18)25-11-1-2-12-25/h1-14,22H,15-17H2. The second-order valence-corrected chi connectivity index (χ2v) is 9.24. The van der Waals surface area contributed by atoms with Crippen molar-refractivity contribution in [2.45, 2.75) is 19.0 Å². The molecule has 1 aliphatic rings. The minimum atomic E-state index is -3.33. The summed E-state index contributed by atoms with van der Waals surface area (Å²) in [6.45, 7) is 0.141. The molecule has 0 radical (unpaired) electrons. The van der Waals surface area contributed by atoms with Crippen LogP contribution in [0.5, 0.6) is 0 Å². The fraction of sp³-hybridized carbons (Fsp3) is 0.174. The fourth-order valence-corrected chi connectivity index (χ4v) is 4.84. The highest BCUT2D eigenvalue weighted by atomic mass is 32.2. The third-order valence-corrected chi connectivity index (χ3v) is 6.45. The normalized spacial score (nSPS) is 17.2. The molecule has 4 rings (SSSR count). The molecule has 3 aromatic rings. The molecular weight excluding hydrogens is 403 g/mol. The largest absolute Gasteiger partial charge is 0.331 e. The minimum Gasteiger partial charge on any atom is -0.331 e. The molecule has 0 N–H and O–H groups in total. The highest BCUT2D eigenvalue weighted by molar-refractivity contribution is 7.94. The van der Waals surface area contributed by atoms with Gasteiger partial charge < -0.3 is 9.47 Å². The van der Waals surface area contributed by atoms with Crippen molar-refractivity contribution in [1.29, 1.82) is 0 Å². The van der Waals surface area contributed by atoms with E-state index in [0.29, 0.717) is 5.56 Å². The molecule has 0 fully saturated rings. The summed E-state index contributed by atoms with van der Waals surface area (Å²) in [5, 5.41) is 1.15. The molecule has 0 bridgehead atoms. The molecule has 154 valence electrons. The molecule has 1 aromatic heterocycles. The van der Waals surface area contributed by atoms with Crippen molar-refractivity contribution in [2.24, 2.45) is 0 Å². The molecule has 0 spiro atoms. The second-order valence-electron chi connectivity index (χ2n) is 7.31. The molecule has 1 unspecified atom stereocenters. The van der Waals surface area contributed by atoms with E-state index in [1.54, 1.807) is 12.1 Å². The van der Waals surface area contributed by atoms with Gasteiger partial charge in [0.1, 0.15) is 5.82 Å². The summed E-state index contributed by atoms with van der Waals surface area (Å²) >= 11 is 0. The Bertz CT molecular complexity index is 1170. The summed E-state index contributed by atoms with van der Waals surface area (Å²) in [6.07, 6.45) is 5.54. The predicted molar refractivity (Wildman–Crippen MR) is 113 cm³/mol. The van der Waals surface area contributed by atoms with Crippen LogP contribution >= 0.6 is 0 Å². The van der Waals surface area contributed by atoms with Crippen LogP contribution in [-0.2, 0) is 27.6 Å². The lowest BCUT2D eigenvalue weighted by molar-refractivity contribution is -0.132. The van der Waals surface area contributed by atoms with Crippen molar-refractivity contribution in [2.75, 3.05) is 5.75 Å². The van der Waals surface area contributed by atoms with Crippen LogP contribution in [0.4, 0.5) is 4.39 Å². The van der Waals surface area contributed by atoms with E-state index in [9.17, 15) is 17.6 Å². The van der Waals surface area contributed by atoms with E-state index in [4.69, 9.17) is 0 Å². The van der Waals surface area contributed by atoms with Crippen LogP contribution in [0, 0.1) is 5.82 Å². The monoisotopic (exact) mass is 424 g/mol. The summed E-state index contributed by atoms with van der Waals surface area (Å²) in [5.74, 6) is -0.754. The third kappa shape index (κ3) is 4.68. The summed E-state index contributed by atoms with van der Waals surface area (Å²) in [7, 11) is -3.33. The first kappa shape index (κ1) is 20.1. The Morgan fingerprint density at radius 3 is 2.40 bits per heavy atom. The quantitative estimate of drug-likeness (QED) is 0.609. The van der Waals surface area contributed by atoms with Crippen molar-refractivity contribution in [3.05, 3.63) is 101 Å². The van der Waals surface area contributed by atoms with E-state index in [1.165, 1.54) is 23.1 Å². The lowest BCUT2D eigenvalue weighted by atomic mass is 10.1. The van der Waals surface area contributed by atoms with E-state index < -0.39 is 21.7 Å². The first-order valence-corrected chi connectivity index (χ1v) is 11.3. The molecule has 30 heavy (non-hydrogen) atoms. The lowest BCUT2D eigenvalue weighted by Crippen LogP contribution is -2.41. The van der Waals surface area contributed by atoms with E-state index >= 15 is 0 Å². The number of carbonyl (C=O) groups excluding carboxylic acids is 1. The number of amides is 1. The van der Waals surface area contributed by atoms with Crippen molar-refractivity contribution in [3.63, 3.8) is 0 Å². The van der Waals surface area contributed by atoms with Crippen molar-refractivity contribution in [1.82, 2.24) is 9.47 Å². The van der Waals surface area contributed by atoms with E-state index in [2.05, 4.69) is 0 Å². The Hall–Kier alpha value is -3.19. The number of benzene rings is 2. The van der Waals surface area contributed by atoms with Crippen molar-refractivity contribution < 1.29 is 17.6 Å². The molecule has 0 saturated heterocycles. The van der Waals surface area contributed by atoms with Gasteiger partial charge in [0.05, 0.1) is 18.2 Å². The number of sulfone groups is 1. The smallest absolute Gasteiger partial charge is 0.227 e. The van der Waals surface area contributed by atoms with Crippen LogP contribution in [0.1, 0.15) is 11.1 Å². The number of carbonyl (C=O) groups is 1. The highest BCUT2D eigenvalue weighted by Crippen LogP contribution is 2.20. The fourth-order valence-electron chi connectivity index (χ4n) is 3.54. The topological polar surface area (TPSA) is 59.4 Å². The summed E-state index contributed by atoms with van der Waals surface area (Å²) < 4.78 is 39.4. The molecule has 7 heteroatoms. The van der Waals surface area contributed by atoms with E-state index in [0.717, 1.165) is 16.7 Å². The number of nitrogens with zero attached hydrogens (tertiary/aromatic N) is 2. The number of rotatable bonds is 6. The van der Waals surface area contributed by atoms with E-state index in [1.807, 2.05) is 53.4 Å². The molecule has 5 nitrogen and oxygen atoms in total. The second kappa shape index (κ2) is 8.28. The Labute approximate surface area is 175 Å². The van der Waals surface area contributed by atoms with Crippen molar-refractivity contribution >= 4 is 15.7 Å². The van der Waals surface area contributed by atoms with Gasteiger partial charge in [-0.2, -0.15) is 0 Å². The SMILES string of the molecule is O=C(Cc1ccc(-n2cccc2)cc1)N(Cc1cccc(F)c1)C1C=CS(=O)(=O)C1. The third-order valence-electron chi connectivity index (χ3n) is 5.07. The maximum Gasteiger partial charge on any atom is 0.227 e. The zero-order valence-electron chi connectivity index (χ0n) is 16.2. The molecule has 0 saturated carbocycles. The lowest BCUT2D eigenvalue weighted by Gasteiger charge is -2.28. The first-order chi connectivity index (χ1) is 14.4. The maximum absolute atomic E-state index is 13.6. The van der Waals surface area contributed by atoms with Gasteiger partial charge in [0, 0.05) is 30.0 Å². The van der Waals surface area contributed by atoms with Gasteiger partial charge in [-0.05, 0) is 53.6 Å². The van der Waals surface area contributed by atoms with Crippen LogP contribution in [0.3, 0.4) is 0 Å². The molecule has 1 aliphatic heterocycles. The zero-order chi connectivity index (χ0) is 21.1. The average molecular weight is 424 g/mol. The van der Waals surface area contributed by atoms with Crippen LogP contribution in [-0.4, -0.2) is 35.6 Å². The van der Waals surface area contributed by atoms with Crippen LogP contribution in [0.25, 0.3) is 5.69 Å². The average Bonchev–Trinajstić information content (AvgIpc) is 3.36. The first-order valence-electron chi connectivity index (χ1n) is 9.57. The Morgan fingerprint density at radius 2 is 1.77 bits per heavy atom. The van der Waals surface area contributed by atoms with Gasteiger partial charge in [-0.15, -0.1) is 0 Å². The number of halogens is 1. The summed E-state index contributed by atoms with van der Waals surface area (Å²) in [5.41, 5.74) is 2.42. The molecule has 2 heterocycles. The van der Waals surface area contributed by atoms with Gasteiger partial charge in [-0.1, -0.05) is 24.3 Å². The molecular formula is C23H21FN2O3S. The van der Waals surface area contributed by atoms with Crippen LogP contribution < -0.4 is 0 Å². The number of hydrogen-bond acceptors (Lipinski definition) is 3.